The maximum atomic E-state index is 11.9. The zero-order valence-corrected chi connectivity index (χ0v) is 13.4. The predicted molar refractivity (Wildman–Crippen MR) is 81.7 cm³/mol. The van der Waals surface area contributed by atoms with E-state index in [2.05, 4.69) is 39.5 Å². The summed E-state index contributed by atoms with van der Waals surface area (Å²) in [5.41, 5.74) is 1.07. The average molecular weight is 347 g/mol. The summed E-state index contributed by atoms with van der Waals surface area (Å²) in [7, 11) is -3.46. The minimum Gasteiger partial charge on any atom is -0.313 e. The van der Waals surface area contributed by atoms with Crippen LogP contribution in [0.5, 0.6) is 0 Å². The Labute approximate surface area is 123 Å². The van der Waals surface area contributed by atoms with Crippen molar-refractivity contribution in [3.63, 3.8) is 0 Å². The highest BCUT2D eigenvalue weighted by Gasteiger charge is 2.13. The minimum absolute atomic E-state index is 0.183. The number of halogens is 1. The monoisotopic (exact) mass is 346 g/mol. The summed E-state index contributed by atoms with van der Waals surface area (Å²) in [6.45, 7) is 7.58. The first-order valence-corrected chi connectivity index (χ1v) is 8.36. The lowest BCUT2D eigenvalue weighted by molar-refractivity contribution is 0.585. The molecule has 0 aliphatic rings. The van der Waals surface area contributed by atoms with E-state index >= 15 is 0 Å². The molecule has 0 radical (unpaired) electrons. The van der Waals surface area contributed by atoms with Crippen LogP contribution in [0.3, 0.4) is 0 Å². The van der Waals surface area contributed by atoms with Gasteiger partial charge in [0.1, 0.15) is 0 Å². The van der Waals surface area contributed by atoms with Gasteiger partial charge in [-0.15, -0.1) is 0 Å². The quantitative estimate of drug-likeness (QED) is 0.710. The fourth-order valence-electron chi connectivity index (χ4n) is 1.45. The summed E-state index contributed by atoms with van der Waals surface area (Å²) < 4.78 is 26.9. The average Bonchev–Trinajstić information content (AvgIpc) is 2.37. The molecule has 0 saturated heterocycles. The molecule has 6 heteroatoms. The Balaban J connectivity index is 2.67. The first-order valence-electron chi connectivity index (χ1n) is 6.08. The van der Waals surface area contributed by atoms with Gasteiger partial charge in [0.25, 0.3) is 0 Å². The van der Waals surface area contributed by atoms with Crippen molar-refractivity contribution in [2.45, 2.75) is 24.8 Å². The van der Waals surface area contributed by atoms with Gasteiger partial charge in [0.15, 0.2) is 0 Å². The molecule has 2 N–H and O–H groups in total. The molecule has 0 aliphatic carbocycles. The second-order valence-electron chi connectivity index (χ2n) is 4.16. The lowest BCUT2D eigenvalue weighted by atomic mass is 10.2. The summed E-state index contributed by atoms with van der Waals surface area (Å²) in [4.78, 5) is 0.264. The van der Waals surface area contributed by atoms with Crippen molar-refractivity contribution in [2.24, 2.45) is 0 Å². The molecule has 1 aromatic carbocycles. The molecule has 1 rings (SSSR count). The molecule has 1 aromatic rings. The van der Waals surface area contributed by atoms with Crippen LogP contribution in [0.2, 0.25) is 0 Å². The van der Waals surface area contributed by atoms with Gasteiger partial charge in [0.05, 0.1) is 4.90 Å². The van der Waals surface area contributed by atoms with Gasteiger partial charge in [-0.25, -0.2) is 13.1 Å². The Hall–Kier alpha value is -0.690. The minimum atomic E-state index is -3.46. The van der Waals surface area contributed by atoms with Gasteiger partial charge >= 0.3 is 0 Å². The fraction of sp³-hybridized carbons (Fsp3) is 0.385. The molecule has 0 aliphatic heterocycles. The third-order valence-electron chi connectivity index (χ3n) is 2.44. The molecule has 0 unspecified atom stereocenters. The summed E-state index contributed by atoms with van der Waals surface area (Å²) in [5.74, 6) is 0. The standard InChI is InChI=1S/C13H19BrN2O2S/c1-3-8-15-10-12-4-6-13(7-5-12)19(17,18)16-9-11(2)14/h4-7,15-16H,2-3,8-10H2,1H3. The van der Waals surface area contributed by atoms with E-state index in [1.165, 1.54) is 0 Å². The van der Waals surface area contributed by atoms with Gasteiger partial charge in [0, 0.05) is 17.6 Å². The number of hydrogen-bond donors (Lipinski definition) is 2. The molecule has 4 nitrogen and oxygen atoms in total. The van der Waals surface area contributed by atoms with E-state index in [0.717, 1.165) is 25.1 Å². The van der Waals surface area contributed by atoms with E-state index in [1.54, 1.807) is 12.1 Å². The van der Waals surface area contributed by atoms with E-state index in [1.807, 2.05) is 12.1 Å². The van der Waals surface area contributed by atoms with Crippen LogP contribution < -0.4 is 10.0 Å². The highest BCUT2D eigenvalue weighted by Crippen LogP contribution is 2.11. The van der Waals surface area contributed by atoms with Gasteiger partial charge in [-0.2, -0.15) is 0 Å². The molecular weight excluding hydrogens is 328 g/mol. The Kier molecular flexibility index (Phi) is 6.71. The molecule has 0 atom stereocenters. The van der Waals surface area contributed by atoms with Gasteiger partial charge in [-0.1, -0.05) is 41.6 Å². The predicted octanol–water partition coefficient (Wildman–Crippen LogP) is 2.37. The molecule has 0 bridgehead atoms. The summed E-state index contributed by atoms with van der Waals surface area (Å²) in [5, 5.41) is 3.27. The number of hydrogen-bond acceptors (Lipinski definition) is 3. The molecule has 0 aromatic heterocycles. The third kappa shape index (κ3) is 5.86. The first-order chi connectivity index (χ1) is 8.95. The highest BCUT2D eigenvalue weighted by atomic mass is 79.9. The van der Waals surface area contributed by atoms with Crippen LogP contribution in [0, 0.1) is 0 Å². The first kappa shape index (κ1) is 16.4. The summed E-state index contributed by atoms with van der Waals surface area (Å²) in [6, 6.07) is 6.87. The maximum absolute atomic E-state index is 11.9. The van der Waals surface area contributed by atoms with Crippen molar-refractivity contribution in [1.29, 1.82) is 0 Å². The van der Waals surface area contributed by atoms with Crippen LogP contribution in [0.1, 0.15) is 18.9 Å². The van der Waals surface area contributed by atoms with E-state index in [-0.39, 0.29) is 11.4 Å². The zero-order valence-electron chi connectivity index (χ0n) is 10.9. The molecule has 0 saturated carbocycles. The second-order valence-corrected chi connectivity index (χ2v) is 7.05. The van der Waals surface area contributed by atoms with Crippen LogP contribution in [-0.2, 0) is 16.6 Å². The fourth-order valence-corrected chi connectivity index (χ4v) is 2.80. The van der Waals surface area contributed by atoms with Crippen LogP contribution in [0.15, 0.2) is 40.2 Å². The Morgan fingerprint density at radius 2 is 1.95 bits per heavy atom. The van der Waals surface area contributed by atoms with Gasteiger partial charge < -0.3 is 5.32 Å². The van der Waals surface area contributed by atoms with Gasteiger partial charge in [-0.05, 0) is 30.7 Å². The van der Waals surface area contributed by atoms with Crippen LogP contribution >= 0.6 is 15.9 Å². The SMILES string of the molecule is C=C(Br)CNS(=O)(=O)c1ccc(CNCCC)cc1. The van der Waals surface area contributed by atoms with Crippen molar-refractivity contribution in [3.05, 3.63) is 40.9 Å². The topological polar surface area (TPSA) is 58.2 Å². The van der Waals surface area contributed by atoms with Crippen LogP contribution in [0.25, 0.3) is 0 Å². The molecule has 0 spiro atoms. The summed E-state index contributed by atoms with van der Waals surface area (Å²) >= 11 is 3.12. The second kappa shape index (κ2) is 7.79. The maximum Gasteiger partial charge on any atom is 0.240 e. The molecular formula is C13H19BrN2O2S. The van der Waals surface area contributed by atoms with E-state index in [0.29, 0.717) is 4.48 Å². The Bertz CT molecular complexity index is 512. The van der Waals surface area contributed by atoms with Crippen LogP contribution in [0.4, 0.5) is 0 Å². The third-order valence-corrected chi connectivity index (χ3v) is 4.14. The van der Waals surface area contributed by atoms with Gasteiger partial charge in [0.2, 0.25) is 10.0 Å². The zero-order chi connectivity index (χ0) is 14.3. The molecule has 0 fully saturated rings. The van der Waals surface area contributed by atoms with Crippen LogP contribution in [-0.4, -0.2) is 21.5 Å². The van der Waals surface area contributed by atoms with E-state index < -0.39 is 10.0 Å². The Morgan fingerprint density at radius 1 is 1.32 bits per heavy atom. The number of sulfonamides is 1. The molecule has 0 heterocycles. The normalized spacial score (nSPS) is 11.5. The number of rotatable bonds is 8. The number of benzene rings is 1. The van der Waals surface area contributed by atoms with Crippen molar-refractivity contribution in [2.75, 3.05) is 13.1 Å². The van der Waals surface area contributed by atoms with E-state index in [9.17, 15) is 8.42 Å². The van der Waals surface area contributed by atoms with Crippen molar-refractivity contribution in [3.8, 4) is 0 Å². The molecule has 106 valence electrons. The Morgan fingerprint density at radius 3 is 2.47 bits per heavy atom. The van der Waals surface area contributed by atoms with Crippen molar-refractivity contribution < 1.29 is 8.42 Å². The lowest BCUT2D eigenvalue weighted by Gasteiger charge is -2.07. The lowest BCUT2D eigenvalue weighted by Crippen LogP contribution is -2.24. The van der Waals surface area contributed by atoms with Crippen molar-refractivity contribution in [1.82, 2.24) is 10.0 Å². The largest absolute Gasteiger partial charge is 0.313 e. The smallest absolute Gasteiger partial charge is 0.240 e. The molecule has 19 heavy (non-hydrogen) atoms. The highest BCUT2D eigenvalue weighted by molar-refractivity contribution is 9.11. The van der Waals surface area contributed by atoms with Gasteiger partial charge in [-0.3, -0.25) is 0 Å². The van der Waals surface area contributed by atoms with E-state index in [4.69, 9.17) is 0 Å². The molecule has 0 amide bonds. The summed E-state index contributed by atoms with van der Waals surface area (Å²) in [6.07, 6.45) is 1.08. The van der Waals surface area contributed by atoms with Crippen molar-refractivity contribution >= 4 is 26.0 Å². The number of nitrogens with one attached hydrogen (secondary N) is 2.